The first-order valence-electron chi connectivity index (χ1n) is 44.2. The van der Waals surface area contributed by atoms with Crippen molar-refractivity contribution in [3.8, 4) is 68.5 Å². The number of carbonyl (C=O) groups excluding carboxylic acids is 4. The minimum absolute atomic E-state index is 0.00449. The molecule has 20 rings (SSSR count). The maximum Gasteiger partial charge on any atom is 0.270 e. The highest BCUT2D eigenvalue weighted by Gasteiger charge is 2.44. The van der Waals surface area contributed by atoms with E-state index >= 15 is 0 Å². The number of ketones is 1. The first-order chi connectivity index (χ1) is 65.4. The first kappa shape index (κ1) is 90.2. The molecular weight excluding hydrogens is 1700 g/mol. The van der Waals surface area contributed by atoms with Gasteiger partial charge in [0.25, 0.3) is 11.8 Å². The van der Waals surface area contributed by atoms with Crippen molar-refractivity contribution >= 4 is 114 Å². The van der Waals surface area contributed by atoms with Gasteiger partial charge in [0.1, 0.15) is 41.0 Å². The molecule has 36 nitrogen and oxygen atoms in total. The van der Waals surface area contributed by atoms with Gasteiger partial charge in [0.2, 0.25) is 29.7 Å². The average Bonchev–Trinajstić information content (AvgIpc) is 1.15. The molecule has 36 heteroatoms. The van der Waals surface area contributed by atoms with E-state index in [4.69, 9.17) is 28.4 Å². The molecule has 0 bridgehead atoms. The molecule has 134 heavy (non-hydrogen) atoms. The normalized spacial score (nSPS) is 14.5. The van der Waals surface area contributed by atoms with Crippen LogP contribution < -0.4 is 40.2 Å². The molecule has 4 saturated heterocycles. The molecule has 0 radical (unpaired) electrons. The lowest BCUT2D eigenvalue weighted by molar-refractivity contribution is -0.158. The average molecular weight is 1800 g/mol. The Kier molecular flexibility index (Phi) is 28.2. The fraction of sp³-hybridized carbons (Fsp3) is 0.276. The number of hydrogen-bond donors (Lipinski definition) is 8. The van der Waals surface area contributed by atoms with E-state index in [0.717, 1.165) is 155 Å². The summed E-state index contributed by atoms with van der Waals surface area (Å²) in [5.74, 6) is 4.84. The fourth-order valence-corrected chi connectivity index (χ4v) is 16.3. The second-order valence-corrected chi connectivity index (χ2v) is 32.7. The second-order valence-electron chi connectivity index (χ2n) is 32.7. The summed E-state index contributed by atoms with van der Waals surface area (Å²) in [5.41, 5.74) is 14.1. The predicted molar refractivity (Wildman–Crippen MR) is 511 cm³/mol. The number of morpholine rings is 2. The third kappa shape index (κ3) is 22.1. The zero-order valence-electron chi connectivity index (χ0n) is 75.2. The summed E-state index contributed by atoms with van der Waals surface area (Å²) in [6, 6.07) is 51.3. The summed E-state index contributed by atoms with van der Waals surface area (Å²) in [6.07, 6.45) is 19.0. The molecule has 0 aliphatic carbocycles. The number of pyridine rings is 4. The summed E-state index contributed by atoms with van der Waals surface area (Å²) in [6.45, 7) is 14.0. The largest absolute Gasteiger partial charge is 0.497 e. The number of methoxy groups -OCH3 is 4. The number of fused-ring (bicyclic) bond motifs is 4. The van der Waals surface area contributed by atoms with E-state index in [1.54, 1.807) is 121 Å². The highest BCUT2D eigenvalue weighted by atomic mass is 16.5. The van der Waals surface area contributed by atoms with Crippen LogP contribution in [0.5, 0.6) is 23.0 Å². The van der Waals surface area contributed by atoms with Gasteiger partial charge in [-0.05, 0) is 186 Å². The standard InChI is InChI=1S/C28H29N7O4.C27H31N7O2.C26H28N6O3.C17H14N6O/c1-34-25(36)16-39-17-28(34)7-11-35(12-8-28)26(37)24-14-18-13-19(3-4-21(18)32-24)31-27-30-10-6-22(33-27)23-15-20(38-2)5-9-29-23;1-18(2)33-11-4-12-34(14-13-33)26(35)25-16-19-15-20(5-6-22(19)31-25)30-27-29-10-8-23(32-27)24-17-21(36-3)7-9-28-24;1-34-20-6-8-27-23(17-20)22-7-9-28-26(31-22)29-19-4-5-21-18(15-19)16-24(30-21)25(33)3-2-10-32-11-13-35-14-12-32;1-24-13-4-6-18-16(9-13)15-5-7-19-17(22-15)21-12-2-3-14-11(8-12)10-20-23-14/h3-6,9-10,13-15,32H,7-8,11-12,16-17H2,1-2H3,(H,30,31,33);5-10,15-18,31H,4,11-14H2,1-3H3,(H,29,30,32);4-9,15-17,30H,2-3,10-14H2,1H3,(H,28,29,31);2-10H,1H3,(H,20,23)(H,19,21,22). The smallest absolute Gasteiger partial charge is 0.270 e. The van der Waals surface area contributed by atoms with Crippen molar-refractivity contribution in [3.05, 3.63) is 237 Å². The Morgan fingerprint density at radius 3 is 1.25 bits per heavy atom. The summed E-state index contributed by atoms with van der Waals surface area (Å²) in [5, 5.41) is 23.7. The van der Waals surface area contributed by atoms with Gasteiger partial charge in [-0.15, -0.1) is 0 Å². The predicted octanol–water partition coefficient (Wildman–Crippen LogP) is 14.8. The van der Waals surface area contributed by atoms with E-state index in [9.17, 15) is 19.2 Å². The van der Waals surface area contributed by atoms with Gasteiger partial charge < -0.3 is 79.3 Å². The molecule has 8 N–H and O–H groups in total. The number of H-pyrrole nitrogens is 4. The zero-order chi connectivity index (χ0) is 92.4. The number of nitrogens with zero attached hydrogens (tertiary/aromatic N) is 18. The number of aromatic amines is 4. The highest BCUT2D eigenvalue weighted by Crippen LogP contribution is 2.35. The minimum Gasteiger partial charge on any atom is -0.497 e. The Bertz CT molecular complexity index is 6830. The van der Waals surface area contributed by atoms with Crippen LogP contribution in [0.2, 0.25) is 0 Å². The van der Waals surface area contributed by atoms with Gasteiger partial charge in [-0.1, -0.05) is 0 Å². The molecule has 0 atom stereocenters. The third-order valence-electron chi connectivity index (χ3n) is 23.8. The van der Waals surface area contributed by atoms with Crippen molar-refractivity contribution in [1.82, 2.24) is 109 Å². The van der Waals surface area contributed by atoms with Crippen LogP contribution >= 0.6 is 0 Å². The van der Waals surface area contributed by atoms with E-state index in [1.807, 2.05) is 149 Å². The monoisotopic (exact) mass is 1800 g/mol. The van der Waals surface area contributed by atoms with Crippen LogP contribution in [0.3, 0.4) is 0 Å². The second kappa shape index (κ2) is 42.0. The zero-order valence-corrected chi connectivity index (χ0v) is 75.2. The number of ether oxygens (including phenoxy) is 6. The molecule has 16 heterocycles. The van der Waals surface area contributed by atoms with E-state index in [0.29, 0.717) is 137 Å². The van der Waals surface area contributed by atoms with Crippen molar-refractivity contribution in [2.45, 2.75) is 57.5 Å². The SMILES string of the molecule is COc1ccnc(-c2ccnc(Nc3ccc4[nH]c(C(=O)CCCN5CCOCC5)cc4c3)n2)c1.COc1ccnc(-c2ccnc(Nc3ccc4[nH]c(C(=O)N5CCC6(CC5)COCC(=O)N6C)cc4c3)n2)c1.COc1ccnc(-c2ccnc(Nc3ccc4[nH]c(C(=O)N5CCCN(C(C)C)CC5)cc4c3)n2)c1.COc1ccnc(-c2ccnc(Nc3ccc4[nH]ncc4c3)n2)c1. The van der Waals surface area contributed by atoms with Crippen molar-refractivity contribution in [2.24, 2.45) is 0 Å². The molecule has 0 unspecified atom stereocenters. The lowest BCUT2D eigenvalue weighted by Crippen LogP contribution is -2.62. The van der Waals surface area contributed by atoms with Crippen LogP contribution in [-0.4, -0.2) is 265 Å². The molecule has 3 amide bonds. The molecule has 684 valence electrons. The number of likely N-dealkylation sites (N-methyl/N-ethyl adjacent to an activating group) is 1. The number of aromatic nitrogens is 17. The number of rotatable bonds is 24. The van der Waals surface area contributed by atoms with E-state index < -0.39 is 0 Å². The van der Waals surface area contributed by atoms with Crippen LogP contribution in [0.1, 0.15) is 77.4 Å². The van der Waals surface area contributed by atoms with E-state index in [-0.39, 0.29) is 35.7 Å². The Morgan fingerprint density at radius 2 is 0.821 bits per heavy atom. The van der Waals surface area contributed by atoms with Gasteiger partial charge in [0.05, 0.1) is 117 Å². The summed E-state index contributed by atoms with van der Waals surface area (Å²) in [4.78, 5) is 125. The van der Waals surface area contributed by atoms with Gasteiger partial charge in [0.15, 0.2) is 5.78 Å². The summed E-state index contributed by atoms with van der Waals surface area (Å²) < 4.78 is 32.0. The quantitative estimate of drug-likeness (QED) is 0.0260. The number of nitrogens with one attached hydrogen (secondary N) is 8. The number of carbonyl (C=O) groups is 4. The Labute approximate surface area is 771 Å². The molecule has 0 saturated carbocycles. The van der Waals surface area contributed by atoms with Crippen molar-refractivity contribution in [2.75, 3.05) is 142 Å². The van der Waals surface area contributed by atoms with Crippen molar-refractivity contribution < 1.29 is 47.6 Å². The summed E-state index contributed by atoms with van der Waals surface area (Å²) >= 11 is 0. The van der Waals surface area contributed by atoms with Crippen LogP contribution in [0.4, 0.5) is 46.5 Å². The van der Waals surface area contributed by atoms with Crippen LogP contribution in [0.25, 0.3) is 89.2 Å². The Morgan fingerprint density at radius 1 is 0.425 bits per heavy atom. The molecule has 1 spiro atoms. The molecule has 4 fully saturated rings. The number of Topliss-reactive ketones (excluding diaryl/α,β-unsaturated/α-hetero) is 1. The number of amides is 3. The lowest BCUT2D eigenvalue weighted by atomic mass is 9.85. The number of benzene rings is 4. The van der Waals surface area contributed by atoms with E-state index in [1.165, 1.54) is 0 Å². The molecule has 4 aliphatic rings. The number of piperidine rings is 1. The third-order valence-corrected chi connectivity index (χ3v) is 23.8. The highest BCUT2D eigenvalue weighted by molar-refractivity contribution is 6.01. The Balaban J connectivity index is 0.000000126. The maximum atomic E-state index is 13.3. The van der Waals surface area contributed by atoms with Gasteiger partial charge in [-0.2, -0.15) is 5.10 Å². The molecule has 16 aromatic rings. The lowest BCUT2D eigenvalue weighted by Gasteiger charge is -2.49. The molecule has 4 aromatic carbocycles. The van der Waals surface area contributed by atoms with Crippen LogP contribution in [0, 0.1) is 0 Å². The first-order valence-corrected chi connectivity index (χ1v) is 44.2. The van der Waals surface area contributed by atoms with Gasteiger partial charge in [-0.3, -0.25) is 54.0 Å². The van der Waals surface area contributed by atoms with Gasteiger partial charge >= 0.3 is 0 Å². The summed E-state index contributed by atoms with van der Waals surface area (Å²) in [7, 11) is 8.31. The fourth-order valence-electron chi connectivity index (χ4n) is 16.3. The van der Waals surface area contributed by atoms with Gasteiger partial charge in [-0.25, -0.2) is 39.9 Å². The maximum absolute atomic E-state index is 13.3. The number of likely N-dealkylation sites (tertiary alicyclic amines) is 1. The minimum atomic E-state index is -0.324. The van der Waals surface area contributed by atoms with Crippen molar-refractivity contribution in [3.63, 3.8) is 0 Å². The van der Waals surface area contributed by atoms with Crippen LogP contribution in [-0.2, 0) is 14.3 Å². The van der Waals surface area contributed by atoms with E-state index in [2.05, 4.69) is 130 Å². The van der Waals surface area contributed by atoms with Gasteiger partial charge in [0, 0.05) is 207 Å². The number of anilines is 8. The molecule has 4 aliphatic heterocycles. The molecule has 12 aromatic heterocycles. The number of hydrogen-bond acceptors (Lipinski definition) is 29. The Hall–Kier alpha value is -15.8. The van der Waals surface area contributed by atoms with Crippen LogP contribution in [0.15, 0.2) is 220 Å². The molecular formula is C98H102N26O10. The topological polar surface area (TPSA) is 419 Å². The van der Waals surface area contributed by atoms with Crippen molar-refractivity contribution in [1.29, 1.82) is 0 Å².